The lowest BCUT2D eigenvalue weighted by molar-refractivity contribution is -0.384. The molecule has 0 aromatic heterocycles. The van der Waals surface area contributed by atoms with Gasteiger partial charge in [-0.25, -0.2) is 0 Å². The lowest BCUT2D eigenvalue weighted by atomic mass is 9.88. The van der Waals surface area contributed by atoms with Crippen LogP contribution in [0.3, 0.4) is 0 Å². The monoisotopic (exact) mass is 227 g/mol. The Morgan fingerprint density at radius 1 is 1.60 bits per heavy atom. The average molecular weight is 228 g/mol. The first kappa shape index (κ1) is 10.4. The number of ether oxygens (including phenoxy) is 1. The normalized spacial score (nSPS) is 24.7. The Hall–Kier alpha value is -1.13. The molecule has 0 spiro atoms. The predicted molar refractivity (Wildman–Crippen MR) is 56.0 cm³/mol. The molecule has 1 saturated heterocycles. The van der Waals surface area contributed by atoms with Crippen LogP contribution in [0.1, 0.15) is 18.9 Å². The SMILES string of the molecule is CC1(c2ccc(Cl)c([N+](=O)[O-])c2)CCO1. The van der Waals surface area contributed by atoms with Crippen molar-refractivity contribution in [3.63, 3.8) is 0 Å². The summed E-state index contributed by atoms with van der Waals surface area (Å²) in [6.07, 6.45) is 0.881. The van der Waals surface area contributed by atoms with Gasteiger partial charge >= 0.3 is 0 Å². The van der Waals surface area contributed by atoms with E-state index in [-0.39, 0.29) is 16.3 Å². The lowest BCUT2D eigenvalue weighted by Crippen LogP contribution is -2.37. The quantitative estimate of drug-likeness (QED) is 0.577. The summed E-state index contributed by atoms with van der Waals surface area (Å²) in [6, 6.07) is 4.80. The number of benzene rings is 1. The van der Waals surface area contributed by atoms with Crippen LogP contribution in [0.2, 0.25) is 5.02 Å². The molecule has 1 aliphatic heterocycles. The van der Waals surface area contributed by atoms with Gasteiger partial charge in [-0.15, -0.1) is 0 Å². The van der Waals surface area contributed by atoms with Crippen LogP contribution in [0.5, 0.6) is 0 Å². The summed E-state index contributed by atoms with van der Waals surface area (Å²) in [6.45, 7) is 2.62. The van der Waals surface area contributed by atoms with Crippen LogP contribution < -0.4 is 0 Å². The molecular formula is C10H10ClNO3. The van der Waals surface area contributed by atoms with E-state index in [1.807, 2.05) is 6.92 Å². The maximum Gasteiger partial charge on any atom is 0.288 e. The van der Waals surface area contributed by atoms with Gasteiger partial charge < -0.3 is 4.74 Å². The first-order valence-electron chi connectivity index (χ1n) is 4.61. The van der Waals surface area contributed by atoms with Gasteiger partial charge in [0.25, 0.3) is 5.69 Å². The van der Waals surface area contributed by atoms with Crippen LogP contribution >= 0.6 is 11.6 Å². The molecule has 0 N–H and O–H groups in total. The van der Waals surface area contributed by atoms with Crippen molar-refractivity contribution >= 4 is 17.3 Å². The van der Waals surface area contributed by atoms with Crippen molar-refractivity contribution in [2.24, 2.45) is 0 Å². The van der Waals surface area contributed by atoms with Gasteiger partial charge in [0, 0.05) is 12.5 Å². The van der Waals surface area contributed by atoms with E-state index >= 15 is 0 Å². The highest BCUT2D eigenvalue weighted by atomic mass is 35.5. The van der Waals surface area contributed by atoms with E-state index in [1.54, 1.807) is 12.1 Å². The van der Waals surface area contributed by atoms with Crippen LogP contribution in [0.4, 0.5) is 5.69 Å². The van der Waals surface area contributed by atoms with Gasteiger partial charge in [-0.05, 0) is 18.6 Å². The molecule has 1 aromatic carbocycles. The van der Waals surface area contributed by atoms with Gasteiger partial charge in [0.2, 0.25) is 0 Å². The van der Waals surface area contributed by atoms with Crippen LogP contribution in [-0.2, 0) is 10.3 Å². The third kappa shape index (κ3) is 1.70. The van der Waals surface area contributed by atoms with Crippen molar-refractivity contribution < 1.29 is 9.66 Å². The van der Waals surface area contributed by atoms with Crippen molar-refractivity contribution in [2.75, 3.05) is 6.61 Å². The van der Waals surface area contributed by atoms with E-state index in [0.29, 0.717) is 6.61 Å². The molecule has 2 rings (SSSR count). The molecule has 15 heavy (non-hydrogen) atoms. The van der Waals surface area contributed by atoms with Crippen LogP contribution in [0.25, 0.3) is 0 Å². The number of hydrogen-bond donors (Lipinski definition) is 0. The third-order valence-corrected chi connectivity index (χ3v) is 3.07. The molecule has 0 bridgehead atoms. The summed E-state index contributed by atoms with van der Waals surface area (Å²) in [4.78, 5) is 10.2. The van der Waals surface area contributed by atoms with Crippen molar-refractivity contribution in [3.8, 4) is 0 Å². The Bertz CT molecular complexity index is 415. The molecule has 4 nitrogen and oxygen atoms in total. The van der Waals surface area contributed by atoms with E-state index in [1.165, 1.54) is 6.07 Å². The number of halogens is 1. The van der Waals surface area contributed by atoms with Crippen molar-refractivity contribution in [3.05, 3.63) is 38.9 Å². The Morgan fingerprint density at radius 3 is 2.73 bits per heavy atom. The van der Waals surface area contributed by atoms with Crippen molar-refractivity contribution in [2.45, 2.75) is 18.9 Å². The zero-order chi connectivity index (χ0) is 11.1. The Morgan fingerprint density at radius 2 is 2.27 bits per heavy atom. The molecule has 0 saturated carbocycles. The zero-order valence-corrected chi connectivity index (χ0v) is 8.95. The number of hydrogen-bond acceptors (Lipinski definition) is 3. The van der Waals surface area contributed by atoms with Crippen LogP contribution in [0, 0.1) is 10.1 Å². The third-order valence-electron chi connectivity index (χ3n) is 2.75. The fourth-order valence-electron chi connectivity index (χ4n) is 1.62. The Kier molecular flexibility index (Phi) is 2.40. The molecule has 0 amide bonds. The highest BCUT2D eigenvalue weighted by Gasteiger charge is 2.36. The molecule has 1 aromatic rings. The summed E-state index contributed by atoms with van der Waals surface area (Å²) >= 11 is 5.72. The summed E-state index contributed by atoms with van der Waals surface area (Å²) in [5.41, 5.74) is 0.366. The summed E-state index contributed by atoms with van der Waals surface area (Å²) < 4.78 is 5.41. The number of rotatable bonds is 2. The van der Waals surface area contributed by atoms with Gasteiger partial charge in [-0.3, -0.25) is 10.1 Å². The second kappa shape index (κ2) is 3.47. The number of nitro benzene ring substituents is 1. The van der Waals surface area contributed by atoms with Gasteiger partial charge in [0.1, 0.15) is 5.02 Å². The molecule has 1 aliphatic rings. The highest BCUT2D eigenvalue weighted by molar-refractivity contribution is 6.32. The molecule has 0 radical (unpaired) electrons. The van der Waals surface area contributed by atoms with Gasteiger partial charge in [-0.1, -0.05) is 17.7 Å². The van der Waals surface area contributed by atoms with Gasteiger partial charge in [0.05, 0.1) is 17.1 Å². The zero-order valence-electron chi connectivity index (χ0n) is 8.20. The Labute approximate surface area is 92.0 Å². The lowest BCUT2D eigenvalue weighted by Gasteiger charge is -2.38. The molecule has 80 valence electrons. The van der Waals surface area contributed by atoms with E-state index < -0.39 is 4.92 Å². The van der Waals surface area contributed by atoms with Crippen LogP contribution in [-0.4, -0.2) is 11.5 Å². The first-order valence-corrected chi connectivity index (χ1v) is 4.99. The topological polar surface area (TPSA) is 52.4 Å². The maximum absolute atomic E-state index is 10.7. The fourth-order valence-corrected chi connectivity index (χ4v) is 1.80. The standard InChI is InChI=1S/C10H10ClNO3/c1-10(4-5-15-10)7-2-3-8(11)9(6-7)12(13)14/h2-3,6H,4-5H2,1H3. The molecule has 1 atom stereocenters. The highest BCUT2D eigenvalue weighted by Crippen LogP contribution is 2.39. The largest absolute Gasteiger partial charge is 0.370 e. The summed E-state index contributed by atoms with van der Waals surface area (Å²) in [7, 11) is 0. The van der Waals surface area contributed by atoms with Crippen molar-refractivity contribution in [1.82, 2.24) is 0 Å². The minimum absolute atomic E-state index is 0.0640. The minimum atomic E-state index is -0.478. The molecular weight excluding hydrogens is 218 g/mol. The van der Waals surface area contributed by atoms with Gasteiger partial charge in [-0.2, -0.15) is 0 Å². The second-order valence-corrected chi connectivity index (χ2v) is 4.16. The molecule has 1 unspecified atom stereocenters. The summed E-state index contributed by atoms with van der Waals surface area (Å²) in [5, 5.41) is 10.8. The Balaban J connectivity index is 2.42. The predicted octanol–water partition coefficient (Wildman–Crippen LogP) is 2.88. The van der Waals surface area contributed by atoms with Gasteiger partial charge in [0.15, 0.2) is 0 Å². The summed E-state index contributed by atoms with van der Waals surface area (Å²) in [5.74, 6) is 0. The second-order valence-electron chi connectivity index (χ2n) is 3.75. The van der Waals surface area contributed by atoms with E-state index in [2.05, 4.69) is 0 Å². The van der Waals surface area contributed by atoms with E-state index in [0.717, 1.165) is 12.0 Å². The smallest absolute Gasteiger partial charge is 0.288 e. The number of nitro groups is 1. The molecule has 5 heteroatoms. The van der Waals surface area contributed by atoms with Crippen molar-refractivity contribution in [1.29, 1.82) is 0 Å². The maximum atomic E-state index is 10.7. The molecule has 1 fully saturated rings. The number of nitrogens with zero attached hydrogens (tertiary/aromatic N) is 1. The molecule has 1 heterocycles. The van der Waals surface area contributed by atoms with Crippen LogP contribution in [0.15, 0.2) is 18.2 Å². The first-order chi connectivity index (χ1) is 7.03. The van der Waals surface area contributed by atoms with E-state index in [4.69, 9.17) is 16.3 Å². The average Bonchev–Trinajstić information content (AvgIpc) is 2.14. The molecule has 0 aliphatic carbocycles. The minimum Gasteiger partial charge on any atom is -0.370 e. The fraction of sp³-hybridized carbons (Fsp3) is 0.400. The van der Waals surface area contributed by atoms with E-state index in [9.17, 15) is 10.1 Å².